The Kier molecular flexibility index (Phi) is 3.05. The van der Waals surface area contributed by atoms with Crippen molar-refractivity contribution in [1.82, 2.24) is 9.99 Å². The second-order valence-electron chi connectivity index (χ2n) is 2.79. The summed E-state index contributed by atoms with van der Waals surface area (Å²) in [6, 6.07) is 0.461. The molecule has 1 aliphatic heterocycles. The fraction of sp³-hybridized carbons (Fsp3) is 1.00. The van der Waals surface area contributed by atoms with Crippen LogP contribution in [0.1, 0.15) is 0 Å². The molecule has 3 atom stereocenters. The zero-order valence-electron chi connectivity index (χ0n) is 6.25. The zero-order valence-corrected chi connectivity index (χ0v) is 7.40. The molecule has 10 heavy (non-hydrogen) atoms. The van der Waals surface area contributed by atoms with Gasteiger partial charge in [0.1, 0.15) is 0 Å². The molecule has 0 spiro atoms. The first kappa shape index (κ1) is 8.41. The van der Waals surface area contributed by atoms with Crippen molar-refractivity contribution in [1.29, 1.82) is 0 Å². The van der Waals surface area contributed by atoms with E-state index < -0.39 is 0 Å². The molecule has 4 heteroatoms. The summed E-state index contributed by atoms with van der Waals surface area (Å²) in [7, 11) is 4.60. The number of likely N-dealkylation sites (N-methyl/N-ethyl adjacent to an activating group) is 1. The molecule has 3 nitrogen and oxygen atoms in total. The molecule has 0 aromatic carbocycles. The predicted octanol–water partition coefficient (Wildman–Crippen LogP) is -0.711. The number of aliphatic hydroxyl groups excluding tert-OH is 1. The van der Waals surface area contributed by atoms with Gasteiger partial charge in [-0.3, -0.25) is 4.67 Å². The van der Waals surface area contributed by atoms with Crippen LogP contribution in [0.4, 0.5) is 0 Å². The monoisotopic (exact) mass is 162 g/mol. The molecule has 0 aromatic heterocycles. The summed E-state index contributed by atoms with van der Waals surface area (Å²) in [6.45, 7) is 2.29. The fourth-order valence-corrected chi connectivity index (χ4v) is 1.91. The van der Waals surface area contributed by atoms with Crippen LogP contribution >= 0.6 is 9.39 Å². The van der Waals surface area contributed by atoms with Crippen LogP contribution in [0.3, 0.4) is 0 Å². The minimum atomic E-state index is 0.288. The van der Waals surface area contributed by atoms with Crippen molar-refractivity contribution >= 4 is 9.39 Å². The molecule has 2 N–H and O–H groups in total. The minimum absolute atomic E-state index is 0.288. The maximum atomic E-state index is 8.91. The molecule has 0 bridgehead atoms. The number of rotatable bonds is 2. The Labute approximate surface area is 64.0 Å². The Morgan fingerprint density at radius 3 is 2.80 bits per heavy atom. The summed E-state index contributed by atoms with van der Waals surface area (Å²) in [5.74, 6) is 0.405. The quantitative estimate of drug-likeness (QED) is 0.526. The maximum absolute atomic E-state index is 8.91. The van der Waals surface area contributed by atoms with E-state index in [1.807, 2.05) is 7.05 Å². The smallest absolute Gasteiger partial charge is 0.0487 e. The van der Waals surface area contributed by atoms with Crippen LogP contribution in [0.5, 0.6) is 0 Å². The number of aliphatic hydroxyl groups is 1. The first-order chi connectivity index (χ1) is 4.77. The van der Waals surface area contributed by atoms with Crippen LogP contribution in [0, 0.1) is 5.92 Å². The van der Waals surface area contributed by atoms with Crippen molar-refractivity contribution in [2.75, 3.05) is 26.7 Å². The molecular formula is C6H15N2OP. The highest BCUT2D eigenvalue weighted by molar-refractivity contribution is 7.13. The highest BCUT2D eigenvalue weighted by atomic mass is 31.0. The van der Waals surface area contributed by atoms with Gasteiger partial charge >= 0.3 is 0 Å². The zero-order chi connectivity index (χ0) is 7.56. The van der Waals surface area contributed by atoms with E-state index >= 15 is 0 Å². The largest absolute Gasteiger partial charge is 0.396 e. The molecular weight excluding hydrogens is 147 g/mol. The first-order valence-electron chi connectivity index (χ1n) is 3.55. The van der Waals surface area contributed by atoms with Gasteiger partial charge in [0.15, 0.2) is 0 Å². The van der Waals surface area contributed by atoms with E-state index in [1.54, 1.807) is 0 Å². The Balaban J connectivity index is 2.41. The normalized spacial score (nSPS) is 35.1. The molecule has 60 valence electrons. The van der Waals surface area contributed by atoms with E-state index in [2.05, 4.69) is 19.4 Å². The second-order valence-corrected chi connectivity index (χ2v) is 3.52. The van der Waals surface area contributed by atoms with Gasteiger partial charge in [-0.05, 0) is 7.05 Å². The molecule has 0 radical (unpaired) electrons. The van der Waals surface area contributed by atoms with E-state index in [0.717, 1.165) is 13.1 Å². The molecule has 0 amide bonds. The third kappa shape index (κ3) is 1.67. The summed E-state index contributed by atoms with van der Waals surface area (Å²) in [4.78, 5) is 0. The van der Waals surface area contributed by atoms with Gasteiger partial charge in [-0.2, -0.15) is 0 Å². The molecule has 1 saturated heterocycles. The average Bonchev–Trinajstić information content (AvgIpc) is 2.30. The van der Waals surface area contributed by atoms with Crippen LogP contribution in [-0.4, -0.2) is 42.6 Å². The third-order valence-electron chi connectivity index (χ3n) is 2.07. The SMILES string of the molecule is CNC1CN(P)CC1CO. The Morgan fingerprint density at radius 2 is 2.40 bits per heavy atom. The van der Waals surface area contributed by atoms with Gasteiger partial charge in [-0.15, -0.1) is 0 Å². The van der Waals surface area contributed by atoms with Crippen LogP contribution < -0.4 is 5.32 Å². The van der Waals surface area contributed by atoms with E-state index in [-0.39, 0.29) is 6.61 Å². The Bertz CT molecular complexity index is 99.9. The van der Waals surface area contributed by atoms with Crippen molar-refractivity contribution in [3.8, 4) is 0 Å². The van der Waals surface area contributed by atoms with Gasteiger partial charge in [0.2, 0.25) is 0 Å². The van der Waals surface area contributed by atoms with Gasteiger partial charge in [-0.1, -0.05) is 9.39 Å². The number of nitrogens with one attached hydrogen (secondary N) is 1. The van der Waals surface area contributed by atoms with Crippen LogP contribution in [-0.2, 0) is 0 Å². The van der Waals surface area contributed by atoms with E-state index in [4.69, 9.17) is 5.11 Å². The van der Waals surface area contributed by atoms with Gasteiger partial charge in [-0.25, -0.2) is 0 Å². The molecule has 3 unspecified atom stereocenters. The van der Waals surface area contributed by atoms with Crippen LogP contribution in [0.15, 0.2) is 0 Å². The number of nitrogens with zero attached hydrogens (tertiary/aromatic N) is 1. The lowest BCUT2D eigenvalue weighted by molar-refractivity contribution is 0.216. The molecule has 0 saturated carbocycles. The van der Waals surface area contributed by atoms with Crippen molar-refractivity contribution in [2.45, 2.75) is 6.04 Å². The van der Waals surface area contributed by atoms with E-state index in [0.29, 0.717) is 12.0 Å². The highest BCUT2D eigenvalue weighted by Crippen LogP contribution is 2.18. The Hall–Kier alpha value is 0.310. The van der Waals surface area contributed by atoms with Crippen molar-refractivity contribution in [2.24, 2.45) is 5.92 Å². The van der Waals surface area contributed by atoms with E-state index in [1.165, 1.54) is 0 Å². The Morgan fingerprint density at radius 1 is 1.70 bits per heavy atom. The molecule has 0 aliphatic carbocycles. The third-order valence-corrected chi connectivity index (χ3v) is 2.50. The molecule has 1 aliphatic rings. The van der Waals surface area contributed by atoms with Crippen LogP contribution in [0.2, 0.25) is 0 Å². The highest BCUT2D eigenvalue weighted by Gasteiger charge is 2.28. The summed E-state index contributed by atoms with van der Waals surface area (Å²) in [5, 5.41) is 12.1. The van der Waals surface area contributed by atoms with Crippen molar-refractivity contribution < 1.29 is 5.11 Å². The van der Waals surface area contributed by atoms with Crippen molar-refractivity contribution in [3.63, 3.8) is 0 Å². The first-order valence-corrected chi connectivity index (χ1v) is 4.07. The molecule has 1 rings (SSSR count). The summed E-state index contributed by atoms with van der Waals surface area (Å²) >= 11 is 0. The van der Waals surface area contributed by atoms with E-state index in [9.17, 15) is 0 Å². The lowest BCUT2D eigenvalue weighted by Gasteiger charge is -2.13. The lowest BCUT2D eigenvalue weighted by Crippen LogP contribution is -2.34. The van der Waals surface area contributed by atoms with Gasteiger partial charge in [0.25, 0.3) is 0 Å². The summed E-state index contributed by atoms with van der Waals surface area (Å²) < 4.78 is 2.15. The second kappa shape index (κ2) is 3.63. The number of hydrogen-bond acceptors (Lipinski definition) is 3. The lowest BCUT2D eigenvalue weighted by atomic mass is 10.1. The predicted molar refractivity (Wildman–Crippen MR) is 44.7 cm³/mol. The van der Waals surface area contributed by atoms with Gasteiger partial charge in [0, 0.05) is 31.7 Å². The standard InChI is InChI=1S/C6H15N2OP/c1-7-6-3-8(10)2-5(6)4-9/h5-7,9H,2-4,10H2,1H3. The maximum Gasteiger partial charge on any atom is 0.0487 e. The van der Waals surface area contributed by atoms with Gasteiger partial charge < -0.3 is 10.4 Å². The number of hydrogen-bond donors (Lipinski definition) is 2. The minimum Gasteiger partial charge on any atom is -0.396 e. The summed E-state index contributed by atoms with van der Waals surface area (Å²) in [5.41, 5.74) is 0. The summed E-state index contributed by atoms with van der Waals surface area (Å²) in [6.07, 6.45) is 0. The molecule has 1 fully saturated rings. The molecule has 1 heterocycles. The average molecular weight is 162 g/mol. The van der Waals surface area contributed by atoms with Gasteiger partial charge in [0.05, 0.1) is 0 Å². The van der Waals surface area contributed by atoms with Crippen LogP contribution in [0.25, 0.3) is 0 Å². The fourth-order valence-electron chi connectivity index (χ4n) is 1.42. The molecule has 0 aromatic rings. The van der Waals surface area contributed by atoms with Crippen molar-refractivity contribution in [3.05, 3.63) is 0 Å². The topological polar surface area (TPSA) is 35.5 Å².